The fraction of sp³-hybridized carbons (Fsp3) is 0.545. The van der Waals surface area contributed by atoms with Crippen LogP contribution in [0.15, 0.2) is 16.7 Å². The molecule has 88 valence electrons. The van der Waals surface area contributed by atoms with Gasteiger partial charge in [-0.1, -0.05) is 0 Å². The average Bonchev–Trinajstić information content (AvgIpc) is 2.78. The minimum Gasteiger partial charge on any atom is -0.497 e. The smallest absolute Gasteiger partial charge is 0.123 e. The highest BCUT2D eigenvalue weighted by Crippen LogP contribution is 2.34. The predicted octanol–water partition coefficient (Wildman–Crippen LogP) is 1.50. The van der Waals surface area contributed by atoms with Crippen molar-refractivity contribution in [1.29, 1.82) is 0 Å². The lowest BCUT2D eigenvalue weighted by molar-refractivity contribution is 0.138. The number of ether oxygens (including phenoxy) is 2. The number of rotatable bonds is 3. The van der Waals surface area contributed by atoms with Gasteiger partial charge in [-0.25, -0.2) is 4.98 Å². The third-order valence-electron chi connectivity index (χ3n) is 2.95. The number of aliphatic hydroxyl groups is 1. The summed E-state index contributed by atoms with van der Waals surface area (Å²) < 4.78 is 11.3. The summed E-state index contributed by atoms with van der Waals surface area (Å²) in [4.78, 5) is 4.40. The van der Waals surface area contributed by atoms with Crippen molar-refractivity contribution in [3.8, 4) is 5.75 Å². The molecule has 0 aromatic carbocycles. The number of pyridine rings is 1. The number of hydrogen-bond acceptors (Lipinski definition) is 4. The first-order valence-corrected chi connectivity index (χ1v) is 5.90. The van der Waals surface area contributed by atoms with Gasteiger partial charge in [0.05, 0.1) is 31.4 Å². The van der Waals surface area contributed by atoms with Crippen LogP contribution in [0.5, 0.6) is 5.75 Å². The molecule has 1 aromatic rings. The van der Waals surface area contributed by atoms with Crippen molar-refractivity contribution in [2.75, 3.05) is 26.9 Å². The van der Waals surface area contributed by atoms with Gasteiger partial charge in [0.1, 0.15) is 10.4 Å². The third kappa shape index (κ3) is 2.07. The largest absolute Gasteiger partial charge is 0.497 e. The average molecular weight is 288 g/mol. The van der Waals surface area contributed by atoms with Gasteiger partial charge in [0.25, 0.3) is 0 Å². The molecular weight excluding hydrogens is 274 g/mol. The van der Waals surface area contributed by atoms with Crippen LogP contribution < -0.4 is 4.74 Å². The van der Waals surface area contributed by atoms with Crippen molar-refractivity contribution in [2.24, 2.45) is 0 Å². The monoisotopic (exact) mass is 287 g/mol. The fourth-order valence-electron chi connectivity index (χ4n) is 1.88. The molecule has 1 aliphatic rings. The number of halogens is 1. The Bertz CT molecular complexity index is 377. The Morgan fingerprint density at radius 2 is 2.44 bits per heavy atom. The molecule has 1 N–H and O–H groups in total. The van der Waals surface area contributed by atoms with Crippen molar-refractivity contribution < 1.29 is 14.6 Å². The zero-order valence-electron chi connectivity index (χ0n) is 9.07. The van der Waals surface area contributed by atoms with Crippen molar-refractivity contribution >= 4 is 15.9 Å². The van der Waals surface area contributed by atoms with Gasteiger partial charge in [-0.15, -0.1) is 0 Å². The summed E-state index contributed by atoms with van der Waals surface area (Å²) in [7, 11) is 1.61. The molecule has 16 heavy (non-hydrogen) atoms. The summed E-state index contributed by atoms with van der Waals surface area (Å²) in [5, 5.41) is 9.55. The number of hydrogen-bond donors (Lipinski definition) is 1. The maximum atomic E-state index is 9.55. The van der Waals surface area contributed by atoms with Crippen LogP contribution in [0.4, 0.5) is 0 Å². The van der Waals surface area contributed by atoms with Crippen molar-refractivity contribution in [1.82, 2.24) is 4.98 Å². The van der Waals surface area contributed by atoms with Gasteiger partial charge >= 0.3 is 0 Å². The normalized spacial score (nSPS) is 24.7. The van der Waals surface area contributed by atoms with E-state index in [1.54, 1.807) is 13.2 Å². The van der Waals surface area contributed by atoms with Gasteiger partial charge in [0.2, 0.25) is 0 Å². The van der Waals surface area contributed by atoms with E-state index in [0.29, 0.717) is 17.8 Å². The summed E-state index contributed by atoms with van der Waals surface area (Å²) in [5.41, 5.74) is 0.440. The first-order chi connectivity index (χ1) is 7.70. The van der Waals surface area contributed by atoms with Gasteiger partial charge in [0.15, 0.2) is 0 Å². The van der Waals surface area contributed by atoms with Crippen LogP contribution in [0.2, 0.25) is 0 Å². The SMILES string of the molecule is COc1cc(Br)nc([C@]2(CO)CCOC2)c1. The number of nitrogens with zero attached hydrogens (tertiary/aromatic N) is 1. The molecule has 4 nitrogen and oxygen atoms in total. The molecule has 2 rings (SSSR count). The van der Waals surface area contributed by atoms with E-state index in [9.17, 15) is 5.11 Å². The van der Waals surface area contributed by atoms with Crippen LogP contribution in [-0.4, -0.2) is 37.0 Å². The molecule has 0 radical (unpaired) electrons. The summed E-state index contributed by atoms with van der Waals surface area (Å²) in [6, 6.07) is 3.65. The van der Waals surface area contributed by atoms with E-state index in [4.69, 9.17) is 9.47 Å². The highest BCUT2D eigenvalue weighted by Gasteiger charge is 2.38. The fourth-order valence-corrected chi connectivity index (χ4v) is 2.29. The second-order valence-electron chi connectivity index (χ2n) is 3.96. The minimum atomic E-state index is -0.378. The van der Waals surface area contributed by atoms with E-state index in [1.807, 2.05) is 6.07 Å². The molecule has 0 unspecified atom stereocenters. The standard InChI is InChI=1S/C11H14BrNO3/c1-15-8-4-9(13-10(12)5-8)11(6-14)2-3-16-7-11/h4-5,14H,2-3,6-7H2,1H3/t11-/m0/s1. The second-order valence-corrected chi connectivity index (χ2v) is 4.77. The number of methoxy groups -OCH3 is 1. The molecule has 1 fully saturated rings. The van der Waals surface area contributed by atoms with Crippen LogP contribution >= 0.6 is 15.9 Å². The Kier molecular flexibility index (Phi) is 3.47. The maximum absolute atomic E-state index is 9.55. The van der Waals surface area contributed by atoms with Gasteiger partial charge in [-0.05, 0) is 22.4 Å². The molecule has 1 atom stereocenters. The Morgan fingerprint density at radius 3 is 3.00 bits per heavy atom. The van der Waals surface area contributed by atoms with Crippen molar-refractivity contribution in [2.45, 2.75) is 11.8 Å². The van der Waals surface area contributed by atoms with E-state index in [2.05, 4.69) is 20.9 Å². The molecular formula is C11H14BrNO3. The Balaban J connectivity index is 2.41. The zero-order chi connectivity index (χ0) is 11.6. The topological polar surface area (TPSA) is 51.6 Å². The van der Waals surface area contributed by atoms with Gasteiger partial charge in [0, 0.05) is 18.7 Å². The Labute approximate surface area is 103 Å². The molecule has 1 aliphatic heterocycles. The quantitative estimate of drug-likeness (QED) is 0.856. The van der Waals surface area contributed by atoms with Gasteiger partial charge in [-0.3, -0.25) is 0 Å². The zero-order valence-corrected chi connectivity index (χ0v) is 10.7. The lowest BCUT2D eigenvalue weighted by Gasteiger charge is -2.24. The third-order valence-corrected chi connectivity index (χ3v) is 3.36. The van der Waals surface area contributed by atoms with E-state index in [-0.39, 0.29) is 12.0 Å². The summed E-state index contributed by atoms with van der Waals surface area (Å²) >= 11 is 3.34. The highest BCUT2D eigenvalue weighted by atomic mass is 79.9. The van der Waals surface area contributed by atoms with Crippen LogP contribution in [0.25, 0.3) is 0 Å². The van der Waals surface area contributed by atoms with Gasteiger partial charge < -0.3 is 14.6 Å². The van der Waals surface area contributed by atoms with E-state index < -0.39 is 0 Å². The first-order valence-electron chi connectivity index (χ1n) is 5.11. The number of aliphatic hydroxyl groups excluding tert-OH is 1. The lowest BCUT2D eigenvalue weighted by atomic mass is 9.84. The van der Waals surface area contributed by atoms with E-state index in [1.165, 1.54) is 0 Å². The van der Waals surface area contributed by atoms with Crippen LogP contribution in [0.1, 0.15) is 12.1 Å². The maximum Gasteiger partial charge on any atom is 0.123 e. The second kappa shape index (κ2) is 4.69. The molecule has 1 saturated heterocycles. The molecule has 0 saturated carbocycles. The van der Waals surface area contributed by atoms with Crippen LogP contribution in [-0.2, 0) is 10.2 Å². The summed E-state index contributed by atoms with van der Waals surface area (Å²) in [6.45, 7) is 1.22. The van der Waals surface area contributed by atoms with Crippen molar-refractivity contribution in [3.63, 3.8) is 0 Å². The number of aromatic nitrogens is 1. The minimum absolute atomic E-state index is 0.0413. The molecule has 0 aliphatic carbocycles. The molecule has 0 bridgehead atoms. The van der Waals surface area contributed by atoms with Gasteiger partial charge in [-0.2, -0.15) is 0 Å². The van der Waals surface area contributed by atoms with Crippen LogP contribution in [0, 0.1) is 0 Å². The molecule has 1 aromatic heterocycles. The molecule has 2 heterocycles. The Morgan fingerprint density at radius 1 is 1.62 bits per heavy atom. The summed E-state index contributed by atoms with van der Waals surface area (Å²) in [5.74, 6) is 0.733. The van der Waals surface area contributed by atoms with E-state index in [0.717, 1.165) is 17.9 Å². The lowest BCUT2D eigenvalue weighted by Crippen LogP contribution is -2.32. The molecule has 0 spiro atoms. The molecule has 0 amide bonds. The predicted molar refractivity (Wildman–Crippen MR) is 62.7 cm³/mol. The molecule has 5 heteroatoms. The van der Waals surface area contributed by atoms with E-state index >= 15 is 0 Å². The highest BCUT2D eigenvalue weighted by molar-refractivity contribution is 9.10. The Hall–Kier alpha value is -0.650. The van der Waals surface area contributed by atoms with Crippen molar-refractivity contribution in [3.05, 3.63) is 22.4 Å². The first kappa shape index (κ1) is 11.8. The van der Waals surface area contributed by atoms with Crippen LogP contribution in [0.3, 0.4) is 0 Å². The summed E-state index contributed by atoms with van der Waals surface area (Å²) in [6.07, 6.45) is 0.788.